The van der Waals surface area contributed by atoms with Crippen molar-refractivity contribution in [1.82, 2.24) is 4.90 Å². The molecule has 0 radical (unpaired) electrons. The highest BCUT2D eigenvalue weighted by molar-refractivity contribution is 6.37. The van der Waals surface area contributed by atoms with Gasteiger partial charge in [-0.15, -0.1) is 0 Å². The average Bonchev–Trinajstić information content (AvgIpc) is 3.16. The zero-order chi connectivity index (χ0) is 24.9. The van der Waals surface area contributed by atoms with Gasteiger partial charge in [0.2, 0.25) is 0 Å². The lowest BCUT2D eigenvalue weighted by atomic mass is 9.99. The third-order valence-electron chi connectivity index (χ3n) is 5.41. The lowest BCUT2D eigenvalue weighted by Crippen LogP contribution is -2.13. The fourth-order valence-electron chi connectivity index (χ4n) is 3.82. The number of nitrogens with zero attached hydrogens (tertiary/aromatic N) is 1. The van der Waals surface area contributed by atoms with Crippen LogP contribution in [0.4, 0.5) is 15.8 Å². The zero-order valence-electron chi connectivity index (χ0n) is 19.7. The largest absolute Gasteiger partial charge is 0.482 e. The number of fused-ring (bicyclic) bond motifs is 1. The van der Waals surface area contributed by atoms with Gasteiger partial charge >= 0.3 is 5.97 Å². The molecule has 1 heterocycles. The predicted molar refractivity (Wildman–Crippen MR) is 133 cm³/mol. The number of methoxy groups -OCH3 is 1. The predicted octanol–water partition coefficient (Wildman–Crippen LogP) is 4.37. The Morgan fingerprint density at radius 3 is 2.54 bits per heavy atom. The van der Waals surface area contributed by atoms with E-state index in [-0.39, 0.29) is 12.5 Å². The molecular weight excluding hydrogens is 449 g/mol. The number of rotatable bonds is 8. The van der Waals surface area contributed by atoms with Crippen LogP contribution in [0.3, 0.4) is 0 Å². The molecule has 0 saturated heterocycles. The number of hydrogen-bond donors (Lipinski definition) is 2. The van der Waals surface area contributed by atoms with Crippen LogP contribution < -0.4 is 15.4 Å². The molecule has 0 bridgehead atoms. The summed E-state index contributed by atoms with van der Waals surface area (Å²) >= 11 is 0. The standard InChI is InChI=1S/C27H26FN3O4/c1-31(2)15-17-7-10-20(11-8-17)29-26(18-5-4-6-21(13-18)35-16-24(32)34-3)25-22-12-9-19(28)14-23(22)30-27(25)33/h4-14,29H,15-16H2,1-3H3,(H,30,33). The van der Waals surface area contributed by atoms with E-state index in [1.165, 1.54) is 19.2 Å². The maximum absolute atomic E-state index is 13.8. The Bertz CT molecular complexity index is 1290. The van der Waals surface area contributed by atoms with E-state index in [4.69, 9.17) is 4.74 Å². The Morgan fingerprint density at radius 1 is 1.06 bits per heavy atom. The van der Waals surface area contributed by atoms with Crippen molar-refractivity contribution < 1.29 is 23.5 Å². The second-order valence-corrected chi connectivity index (χ2v) is 8.35. The van der Waals surface area contributed by atoms with E-state index >= 15 is 0 Å². The molecule has 0 aromatic heterocycles. The van der Waals surface area contributed by atoms with Gasteiger partial charge in [0.05, 0.1) is 24.1 Å². The van der Waals surface area contributed by atoms with Crippen molar-refractivity contribution in [3.8, 4) is 5.75 Å². The van der Waals surface area contributed by atoms with E-state index in [0.29, 0.717) is 33.8 Å². The molecule has 0 atom stereocenters. The first-order valence-electron chi connectivity index (χ1n) is 11.0. The van der Waals surface area contributed by atoms with Crippen molar-refractivity contribution in [2.75, 3.05) is 38.4 Å². The maximum Gasteiger partial charge on any atom is 0.343 e. The minimum atomic E-state index is -0.504. The summed E-state index contributed by atoms with van der Waals surface area (Å²) < 4.78 is 24.0. The van der Waals surface area contributed by atoms with Crippen molar-refractivity contribution in [2.24, 2.45) is 0 Å². The fourth-order valence-corrected chi connectivity index (χ4v) is 3.82. The SMILES string of the molecule is COC(=O)COc1cccc(C(Nc2ccc(CN(C)C)cc2)=C2C(=O)Nc3cc(F)ccc32)c1. The first-order chi connectivity index (χ1) is 16.8. The Kier molecular flexibility index (Phi) is 7.12. The Morgan fingerprint density at radius 2 is 1.83 bits per heavy atom. The van der Waals surface area contributed by atoms with Gasteiger partial charge in [-0.1, -0.05) is 24.3 Å². The summed E-state index contributed by atoms with van der Waals surface area (Å²) in [5, 5.41) is 6.11. The summed E-state index contributed by atoms with van der Waals surface area (Å²) in [6.45, 7) is 0.560. The molecule has 0 spiro atoms. The average molecular weight is 476 g/mol. The molecule has 1 amide bonds. The van der Waals surface area contributed by atoms with Crippen molar-refractivity contribution in [3.63, 3.8) is 0 Å². The molecule has 8 heteroatoms. The molecule has 0 fully saturated rings. The van der Waals surface area contributed by atoms with Crippen LogP contribution in [0.1, 0.15) is 16.7 Å². The number of ether oxygens (including phenoxy) is 2. The van der Waals surface area contributed by atoms with Crippen molar-refractivity contribution in [3.05, 3.63) is 89.2 Å². The second-order valence-electron chi connectivity index (χ2n) is 8.35. The van der Waals surface area contributed by atoms with E-state index in [2.05, 4.69) is 20.3 Å². The Labute approximate surface area is 203 Å². The normalized spacial score (nSPS) is 13.8. The Hall–Kier alpha value is -4.17. The minimum Gasteiger partial charge on any atom is -0.482 e. The van der Waals surface area contributed by atoms with Gasteiger partial charge in [0, 0.05) is 23.4 Å². The Balaban J connectivity index is 1.76. The number of esters is 1. The number of carbonyl (C=O) groups excluding carboxylic acids is 2. The number of carbonyl (C=O) groups is 2. The lowest BCUT2D eigenvalue weighted by molar-refractivity contribution is -0.142. The third-order valence-corrected chi connectivity index (χ3v) is 5.41. The van der Waals surface area contributed by atoms with Gasteiger partial charge < -0.3 is 25.0 Å². The summed E-state index contributed by atoms with van der Waals surface area (Å²) in [4.78, 5) is 26.6. The number of benzene rings is 3. The van der Waals surface area contributed by atoms with Crippen LogP contribution in [0.25, 0.3) is 11.3 Å². The summed E-state index contributed by atoms with van der Waals surface area (Å²) in [7, 11) is 5.29. The van der Waals surface area contributed by atoms with Crippen LogP contribution in [0.15, 0.2) is 66.7 Å². The highest BCUT2D eigenvalue weighted by Gasteiger charge is 2.29. The molecule has 7 nitrogen and oxygen atoms in total. The first kappa shape index (κ1) is 24.0. The topological polar surface area (TPSA) is 79.9 Å². The lowest BCUT2D eigenvalue weighted by Gasteiger charge is -2.17. The summed E-state index contributed by atoms with van der Waals surface area (Å²) in [6.07, 6.45) is 0. The van der Waals surface area contributed by atoms with Crippen molar-refractivity contribution in [2.45, 2.75) is 6.54 Å². The van der Waals surface area contributed by atoms with E-state index in [1.54, 1.807) is 24.3 Å². The number of nitrogens with one attached hydrogen (secondary N) is 2. The smallest absolute Gasteiger partial charge is 0.343 e. The van der Waals surface area contributed by atoms with Crippen molar-refractivity contribution in [1.29, 1.82) is 0 Å². The van der Waals surface area contributed by atoms with Gasteiger partial charge in [0.1, 0.15) is 11.6 Å². The summed E-state index contributed by atoms with van der Waals surface area (Å²) in [6, 6.07) is 19.1. The molecule has 4 rings (SSSR count). The van der Waals surface area contributed by atoms with E-state index in [9.17, 15) is 14.0 Å². The third kappa shape index (κ3) is 5.67. The van der Waals surface area contributed by atoms with Crippen LogP contribution in [-0.2, 0) is 20.9 Å². The molecule has 0 unspecified atom stereocenters. The molecule has 35 heavy (non-hydrogen) atoms. The number of amides is 1. The van der Waals surface area contributed by atoms with Gasteiger partial charge in [0.25, 0.3) is 5.91 Å². The minimum absolute atomic E-state index is 0.241. The van der Waals surface area contributed by atoms with Crippen LogP contribution in [0, 0.1) is 5.82 Å². The maximum atomic E-state index is 13.8. The molecule has 1 aliphatic rings. The number of anilines is 2. The molecule has 3 aromatic carbocycles. The van der Waals surface area contributed by atoms with E-state index < -0.39 is 11.8 Å². The van der Waals surface area contributed by atoms with Gasteiger partial charge in [0.15, 0.2) is 6.61 Å². The summed E-state index contributed by atoms with van der Waals surface area (Å²) in [5.74, 6) is -0.851. The molecule has 0 saturated carbocycles. The van der Waals surface area contributed by atoms with Crippen LogP contribution in [0.2, 0.25) is 0 Å². The molecular formula is C27H26FN3O4. The van der Waals surface area contributed by atoms with Gasteiger partial charge in [-0.2, -0.15) is 0 Å². The fraction of sp³-hybridized carbons (Fsp3) is 0.185. The van der Waals surface area contributed by atoms with E-state index in [0.717, 1.165) is 17.8 Å². The van der Waals surface area contributed by atoms with E-state index in [1.807, 2.05) is 44.4 Å². The van der Waals surface area contributed by atoms with Crippen LogP contribution >= 0.6 is 0 Å². The van der Waals surface area contributed by atoms with Gasteiger partial charge in [-0.3, -0.25) is 4.79 Å². The molecule has 0 aliphatic carbocycles. The molecule has 180 valence electrons. The highest BCUT2D eigenvalue weighted by Crippen LogP contribution is 2.38. The van der Waals surface area contributed by atoms with Gasteiger partial charge in [-0.05, 0) is 62.1 Å². The van der Waals surface area contributed by atoms with Crippen LogP contribution in [-0.4, -0.2) is 44.6 Å². The van der Waals surface area contributed by atoms with Gasteiger partial charge in [-0.25, -0.2) is 9.18 Å². The zero-order valence-corrected chi connectivity index (χ0v) is 19.7. The first-order valence-corrected chi connectivity index (χ1v) is 11.0. The van der Waals surface area contributed by atoms with Crippen LogP contribution in [0.5, 0.6) is 5.75 Å². The quantitative estimate of drug-likeness (QED) is 0.372. The molecule has 2 N–H and O–H groups in total. The monoisotopic (exact) mass is 475 g/mol. The number of hydrogen-bond acceptors (Lipinski definition) is 6. The van der Waals surface area contributed by atoms with Crippen molar-refractivity contribution >= 4 is 34.5 Å². The molecule has 3 aromatic rings. The molecule has 1 aliphatic heterocycles. The highest BCUT2D eigenvalue weighted by atomic mass is 19.1. The number of halogens is 1. The second kappa shape index (κ2) is 10.4. The summed E-state index contributed by atoms with van der Waals surface area (Å²) in [5.41, 5.74) is 4.48.